The molecule has 1 amide bonds. The van der Waals surface area contributed by atoms with E-state index in [9.17, 15) is 44.1 Å². The van der Waals surface area contributed by atoms with Crippen molar-refractivity contribution in [3.05, 3.63) is 27.9 Å². The molecule has 236 valence electrons. The maximum atomic E-state index is 12.4. The summed E-state index contributed by atoms with van der Waals surface area (Å²) in [6.45, 7) is -1.78. The summed E-state index contributed by atoms with van der Waals surface area (Å²) in [4.78, 5) is 48.5. The Balaban J connectivity index is 1.15. The average Bonchev–Trinajstić information content (AvgIpc) is 3.70. The Hall–Kier alpha value is -2.23. The quantitative estimate of drug-likeness (QED) is 0.0711. The van der Waals surface area contributed by atoms with Crippen molar-refractivity contribution < 1.29 is 67.0 Å². The molecule has 5 rings (SSSR count). The Morgan fingerprint density at radius 2 is 1.60 bits per heavy atom. The number of aliphatic hydroxyl groups excluding tert-OH is 4. The first-order valence-electron chi connectivity index (χ1n) is 12.0. The molecule has 43 heavy (non-hydrogen) atoms. The molecule has 10 N–H and O–H groups in total. The summed E-state index contributed by atoms with van der Waals surface area (Å²) in [6, 6.07) is 0. The number of anilines is 1. The second kappa shape index (κ2) is 12.3. The molecule has 2 fully saturated rings. The number of phosphoric ester groups is 2. The van der Waals surface area contributed by atoms with Crippen LogP contribution in [0.5, 0.6) is 0 Å². The van der Waals surface area contributed by atoms with Gasteiger partial charge in [0.2, 0.25) is 0 Å². The van der Waals surface area contributed by atoms with Crippen molar-refractivity contribution in [1.82, 2.24) is 24.5 Å². The first kappa shape index (κ1) is 32.2. The molecule has 10 atom stereocenters. The fourth-order valence-electron chi connectivity index (χ4n) is 4.29. The topological polar surface area (TPSA) is 327 Å². The number of phosphoric acid groups is 2. The molecule has 21 nitrogen and oxygen atoms in total. The molecule has 5 heterocycles. The zero-order valence-corrected chi connectivity index (χ0v) is 24.9. The number of nitrogens with two attached hydrogens (primary N) is 2. The van der Waals surface area contributed by atoms with Gasteiger partial charge in [-0.2, -0.15) is 0 Å². The van der Waals surface area contributed by atoms with Crippen LogP contribution in [0.4, 0.5) is 5.82 Å². The Bertz CT molecular complexity index is 1590. The number of ether oxygens (including phenoxy) is 2. The minimum absolute atomic E-state index is 0.0394. The number of aromatic nitrogens is 5. The summed E-state index contributed by atoms with van der Waals surface area (Å²) in [6.07, 6.45) is -9.32. The predicted octanol–water partition coefficient (Wildman–Crippen LogP) is -3.31. The van der Waals surface area contributed by atoms with Crippen LogP contribution >= 0.6 is 15.6 Å². The molecule has 0 aliphatic carbocycles. The third-order valence-corrected chi connectivity index (χ3v) is 10.9. The number of hydrogen-bond acceptors (Lipinski definition) is 17. The van der Waals surface area contributed by atoms with Gasteiger partial charge in [0.25, 0.3) is 0 Å². The number of amides is 1. The van der Waals surface area contributed by atoms with E-state index >= 15 is 0 Å². The number of nitrogens with zero attached hydrogens (tertiary/aromatic N) is 5. The van der Waals surface area contributed by atoms with Crippen molar-refractivity contribution in [2.75, 3.05) is 18.9 Å². The number of hydrogen-bond donors (Lipinski definition) is 8. The molecule has 2 unspecified atom stereocenters. The number of nitrogen functional groups attached to an aromatic ring is 1. The van der Waals surface area contributed by atoms with Gasteiger partial charge in [-0.1, -0.05) is 0 Å². The van der Waals surface area contributed by atoms with Gasteiger partial charge in [0, 0.05) is 0 Å². The van der Waals surface area contributed by atoms with Gasteiger partial charge in [-0.15, -0.1) is 0 Å². The van der Waals surface area contributed by atoms with Gasteiger partial charge in [0.05, 0.1) is 6.33 Å². The second-order valence-electron chi connectivity index (χ2n) is 9.25. The maximum absolute atomic E-state index is 12.4. The number of rotatable bonds is 11. The first-order chi connectivity index (χ1) is 20.2. The van der Waals surface area contributed by atoms with Crippen molar-refractivity contribution in [3.8, 4) is 0 Å². The van der Waals surface area contributed by atoms with Gasteiger partial charge in [0.1, 0.15) is 24.1 Å². The zero-order valence-electron chi connectivity index (χ0n) is 21.4. The van der Waals surface area contributed by atoms with Gasteiger partial charge >= 0.3 is 158 Å². The number of fused-ring (bicyclic) bond motifs is 1. The normalized spacial score (nSPS) is 32.1. The van der Waals surface area contributed by atoms with Crippen LogP contribution in [0.15, 0.2) is 17.6 Å². The Kier molecular flexibility index (Phi) is 9.19. The molecular weight excluding hydrogens is 691 g/mol. The first-order valence-corrected chi connectivity index (χ1v) is 16.9. The van der Waals surface area contributed by atoms with Crippen LogP contribution in [-0.4, -0.2) is 125 Å². The van der Waals surface area contributed by atoms with Gasteiger partial charge in [0.15, 0.2) is 17.7 Å². The van der Waals surface area contributed by atoms with E-state index in [1.807, 2.05) is 0 Å². The van der Waals surface area contributed by atoms with E-state index in [0.29, 0.717) is 0 Å². The molecule has 0 spiro atoms. The summed E-state index contributed by atoms with van der Waals surface area (Å²) in [5.74, 6) is -0.743. The van der Waals surface area contributed by atoms with Crippen LogP contribution in [0.3, 0.4) is 0 Å². The molecular formula is C19H25N7O14P2Se. The predicted molar refractivity (Wildman–Crippen MR) is 138 cm³/mol. The minimum atomic E-state index is -5.36. The van der Waals surface area contributed by atoms with Gasteiger partial charge in [-0.3, -0.25) is 4.57 Å². The number of carbonyl (C=O) groups is 1. The molecule has 24 heteroatoms. The van der Waals surface area contributed by atoms with E-state index in [0.717, 1.165) is 6.33 Å². The number of aliphatic hydroxyl groups is 4. The van der Waals surface area contributed by atoms with Crippen LogP contribution in [0, 0.1) is 0 Å². The molecule has 0 radical (unpaired) electrons. The van der Waals surface area contributed by atoms with E-state index in [1.54, 1.807) is 0 Å². The van der Waals surface area contributed by atoms with E-state index in [2.05, 4.69) is 28.8 Å². The van der Waals surface area contributed by atoms with Crippen LogP contribution < -0.4 is 11.5 Å². The molecule has 2 aliphatic rings. The summed E-state index contributed by atoms with van der Waals surface area (Å²) in [5, 5.41) is 41.5. The number of imidazole rings is 1. The van der Waals surface area contributed by atoms with E-state index in [1.165, 1.54) is 15.8 Å². The van der Waals surface area contributed by atoms with Crippen molar-refractivity contribution in [3.63, 3.8) is 0 Å². The van der Waals surface area contributed by atoms with Crippen molar-refractivity contribution >= 4 is 53.0 Å². The third kappa shape index (κ3) is 6.74. The molecule has 0 aromatic carbocycles. The van der Waals surface area contributed by atoms with E-state index in [-0.39, 0.29) is 27.2 Å². The SMILES string of the molecule is NC(=O)c1c[se]c([C@@H]2O[C@H](COP(=O)(O)OP(=O)(O)OC[C@H]3O[C@@H](n4cnc5c(N)ncnc54)[C@H](O)[C@@H]3O)[C@@H](O)[C@H]2O)n1. The Labute approximate surface area is 246 Å². The molecule has 3 aromatic rings. The van der Waals surface area contributed by atoms with Crippen LogP contribution in [0.1, 0.15) is 27.4 Å². The van der Waals surface area contributed by atoms with Crippen molar-refractivity contribution in [1.29, 1.82) is 0 Å². The van der Waals surface area contributed by atoms with Crippen LogP contribution in [0.2, 0.25) is 0 Å². The van der Waals surface area contributed by atoms with Crippen LogP contribution in [-0.2, 0) is 32.0 Å². The fourth-order valence-corrected chi connectivity index (χ4v) is 8.23. The number of primary amides is 1. The summed E-state index contributed by atoms with van der Waals surface area (Å²) in [5.41, 5.74) is 11.2. The standard InChI is InChI=1S/C19H25N7O14P2Se/c20-15-9-17(23-4-22-15)26(5-24-9)19-13(30)11(28)8(39-19)2-37-42(34,35)40-41(32,33)36-1-7-10(27)12(29)14(38-7)18-25-6(3-43-18)16(21)31/h3-5,7-8,10-14,19,27-30H,1-2H2,(H2,21,31)(H,32,33)(H,34,35)(H2,20,22,23)/t7-,8-,10-,11-,12-,13-,14-,19-/m1/s1. The molecule has 0 bridgehead atoms. The Morgan fingerprint density at radius 1 is 0.977 bits per heavy atom. The van der Waals surface area contributed by atoms with Gasteiger partial charge < -0.3 is 20.7 Å². The van der Waals surface area contributed by atoms with E-state index in [4.69, 9.17) is 25.5 Å². The number of carbonyl (C=O) groups excluding carboxylic acids is 1. The summed E-state index contributed by atoms with van der Waals surface area (Å²) in [7, 11) is -10.7. The van der Waals surface area contributed by atoms with Gasteiger partial charge in [-0.05, 0) is 0 Å². The fraction of sp³-hybridized carbons (Fsp3) is 0.526. The van der Waals surface area contributed by atoms with Crippen molar-refractivity contribution in [2.45, 2.75) is 49.0 Å². The Morgan fingerprint density at radius 3 is 2.23 bits per heavy atom. The summed E-state index contributed by atoms with van der Waals surface area (Å²) < 4.78 is 50.9. The molecule has 2 saturated heterocycles. The van der Waals surface area contributed by atoms with Crippen molar-refractivity contribution in [2.24, 2.45) is 5.73 Å². The zero-order chi connectivity index (χ0) is 31.3. The molecule has 0 saturated carbocycles. The second-order valence-corrected chi connectivity index (χ2v) is 14.2. The molecule has 3 aromatic heterocycles. The molecule has 2 aliphatic heterocycles. The van der Waals surface area contributed by atoms with Gasteiger partial charge in [-0.25, -0.2) is 15.0 Å². The summed E-state index contributed by atoms with van der Waals surface area (Å²) >= 11 is -0.524. The third-order valence-electron chi connectivity index (χ3n) is 6.39. The van der Waals surface area contributed by atoms with Crippen LogP contribution in [0.25, 0.3) is 11.2 Å². The average molecular weight is 716 g/mol. The van der Waals surface area contributed by atoms with E-state index < -0.39 is 98.2 Å². The monoisotopic (exact) mass is 717 g/mol.